The normalized spacial score (nSPS) is 20.9. The summed E-state index contributed by atoms with van der Waals surface area (Å²) < 4.78 is 2.33. The second kappa shape index (κ2) is 4.45. The Hall–Kier alpha value is -1.42. The van der Waals surface area contributed by atoms with E-state index in [2.05, 4.69) is 27.9 Å². The SMILES string of the molecule is CCn1c(C2CCCNC2)nc2cnccc21. The predicted molar refractivity (Wildman–Crippen MR) is 68.0 cm³/mol. The average molecular weight is 230 g/mol. The molecule has 4 heteroatoms. The number of hydrogen-bond donors (Lipinski definition) is 1. The molecule has 1 N–H and O–H groups in total. The van der Waals surface area contributed by atoms with Gasteiger partial charge in [0, 0.05) is 25.2 Å². The van der Waals surface area contributed by atoms with Gasteiger partial charge in [0.15, 0.2) is 0 Å². The van der Waals surface area contributed by atoms with Gasteiger partial charge in [-0.15, -0.1) is 0 Å². The van der Waals surface area contributed by atoms with E-state index in [1.807, 2.05) is 12.4 Å². The van der Waals surface area contributed by atoms with Crippen LogP contribution in [0.1, 0.15) is 31.5 Å². The summed E-state index contributed by atoms with van der Waals surface area (Å²) in [6.45, 7) is 5.36. The molecule has 0 saturated carbocycles. The average Bonchev–Trinajstić information content (AvgIpc) is 2.78. The summed E-state index contributed by atoms with van der Waals surface area (Å²) in [5.74, 6) is 1.78. The van der Waals surface area contributed by atoms with E-state index in [0.717, 1.165) is 25.2 Å². The number of fused-ring (bicyclic) bond motifs is 1. The van der Waals surface area contributed by atoms with Crippen LogP contribution >= 0.6 is 0 Å². The summed E-state index contributed by atoms with van der Waals surface area (Å²) >= 11 is 0. The molecule has 2 aromatic heterocycles. The second-order valence-corrected chi connectivity index (χ2v) is 4.62. The van der Waals surface area contributed by atoms with Crippen LogP contribution in [0.25, 0.3) is 11.0 Å². The number of aryl methyl sites for hydroxylation is 1. The number of imidazole rings is 1. The van der Waals surface area contributed by atoms with E-state index >= 15 is 0 Å². The number of rotatable bonds is 2. The van der Waals surface area contributed by atoms with Gasteiger partial charge in [0.25, 0.3) is 0 Å². The maximum atomic E-state index is 4.77. The zero-order valence-corrected chi connectivity index (χ0v) is 10.2. The van der Waals surface area contributed by atoms with Gasteiger partial charge in [-0.2, -0.15) is 0 Å². The molecule has 3 heterocycles. The first-order valence-corrected chi connectivity index (χ1v) is 6.41. The van der Waals surface area contributed by atoms with E-state index in [0.29, 0.717) is 5.92 Å². The minimum atomic E-state index is 0.552. The lowest BCUT2D eigenvalue weighted by atomic mass is 9.99. The van der Waals surface area contributed by atoms with E-state index in [1.165, 1.54) is 24.2 Å². The predicted octanol–water partition coefficient (Wildman–Crippen LogP) is 1.92. The molecular formula is C13H18N4. The number of hydrogen-bond acceptors (Lipinski definition) is 3. The molecule has 2 aromatic rings. The smallest absolute Gasteiger partial charge is 0.114 e. The topological polar surface area (TPSA) is 42.7 Å². The quantitative estimate of drug-likeness (QED) is 0.857. The molecule has 4 nitrogen and oxygen atoms in total. The Labute approximate surface area is 101 Å². The molecule has 17 heavy (non-hydrogen) atoms. The third kappa shape index (κ3) is 1.82. The second-order valence-electron chi connectivity index (χ2n) is 4.62. The minimum absolute atomic E-state index is 0.552. The zero-order chi connectivity index (χ0) is 11.7. The van der Waals surface area contributed by atoms with Crippen molar-refractivity contribution in [3.05, 3.63) is 24.3 Å². The van der Waals surface area contributed by atoms with Crippen LogP contribution in [-0.2, 0) is 6.54 Å². The van der Waals surface area contributed by atoms with Gasteiger partial charge < -0.3 is 9.88 Å². The van der Waals surface area contributed by atoms with Crippen molar-refractivity contribution < 1.29 is 0 Å². The highest BCUT2D eigenvalue weighted by Crippen LogP contribution is 2.26. The summed E-state index contributed by atoms with van der Waals surface area (Å²) in [7, 11) is 0. The summed E-state index contributed by atoms with van der Waals surface area (Å²) in [6, 6.07) is 2.06. The fourth-order valence-corrected chi connectivity index (χ4v) is 2.72. The maximum absolute atomic E-state index is 4.77. The molecule has 90 valence electrons. The van der Waals surface area contributed by atoms with Crippen molar-refractivity contribution in [1.82, 2.24) is 19.9 Å². The van der Waals surface area contributed by atoms with E-state index in [9.17, 15) is 0 Å². The molecule has 1 saturated heterocycles. The third-order valence-electron chi connectivity index (χ3n) is 3.56. The van der Waals surface area contributed by atoms with Crippen LogP contribution in [0.3, 0.4) is 0 Å². The fraction of sp³-hybridized carbons (Fsp3) is 0.538. The van der Waals surface area contributed by atoms with Crippen LogP contribution in [0, 0.1) is 0 Å². The highest BCUT2D eigenvalue weighted by atomic mass is 15.1. The molecule has 1 aliphatic rings. The molecule has 0 spiro atoms. The van der Waals surface area contributed by atoms with Gasteiger partial charge in [0.05, 0.1) is 11.7 Å². The number of piperidine rings is 1. The van der Waals surface area contributed by atoms with Gasteiger partial charge in [0.1, 0.15) is 11.3 Å². The first-order valence-electron chi connectivity index (χ1n) is 6.41. The van der Waals surface area contributed by atoms with Crippen molar-refractivity contribution in [2.75, 3.05) is 13.1 Å². The standard InChI is InChI=1S/C13H18N4/c1-2-17-12-5-7-15-9-11(12)16-13(17)10-4-3-6-14-8-10/h5,7,9-10,14H,2-4,6,8H2,1H3. The first-order chi connectivity index (χ1) is 8.40. The molecule has 0 radical (unpaired) electrons. The van der Waals surface area contributed by atoms with Gasteiger partial charge in [-0.25, -0.2) is 4.98 Å². The molecule has 1 fully saturated rings. The van der Waals surface area contributed by atoms with Gasteiger partial charge in [-0.1, -0.05) is 0 Å². The zero-order valence-electron chi connectivity index (χ0n) is 10.2. The van der Waals surface area contributed by atoms with Crippen molar-refractivity contribution in [3.8, 4) is 0 Å². The molecular weight excluding hydrogens is 212 g/mol. The highest BCUT2D eigenvalue weighted by molar-refractivity contribution is 5.74. The van der Waals surface area contributed by atoms with Crippen molar-refractivity contribution in [2.24, 2.45) is 0 Å². The van der Waals surface area contributed by atoms with Crippen LogP contribution in [0.2, 0.25) is 0 Å². The number of nitrogens with one attached hydrogen (secondary N) is 1. The van der Waals surface area contributed by atoms with E-state index in [-0.39, 0.29) is 0 Å². The van der Waals surface area contributed by atoms with Crippen molar-refractivity contribution in [3.63, 3.8) is 0 Å². The Morgan fingerprint density at radius 3 is 3.24 bits per heavy atom. The van der Waals surface area contributed by atoms with Crippen LogP contribution in [0.4, 0.5) is 0 Å². The molecule has 0 aliphatic carbocycles. The first kappa shape index (κ1) is 10.7. The number of aromatic nitrogens is 3. The summed E-state index contributed by atoms with van der Waals surface area (Å²) in [5, 5.41) is 3.46. The van der Waals surface area contributed by atoms with E-state index < -0.39 is 0 Å². The maximum Gasteiger partial charge on any atom is 0.114 e. The fourth-order valence-electron chi connectivity index (χ4n) is 2.72. The number of pyridine rings is 1. The molecule has 1 aliphatic heterocycles. The van der Waals surface area contributed by atoms with Crippen LogP contribution in [0.15, 0.2) is 18.5 Å². The Balaban J connectivity index is 2.08. The van der Waals surface area contributed by atoms with E-state index in [1.54, 1.807) is 0 Å². The monoisotopic (exact) mass is 230 g/mol. The Bertz CT molecular complexity index is 511. The van der Waals surface area contributed by atoms with Crippen molar-refractivity contribution >= 4 is 11.0 Å². The van der Waals surface area contributed by atoms with Gasteiger partial charge in [0.2, 0.25) is 0 Å². The van der Waals surface area contributed by atoms with Crippen molar-refractivity contribution in [1.29, 1.82) is 0 Å². The lowest BCUT2D eigenvalue weighted by Crippen LogP contribution is -2.30. The molecule has 3 rings (SSSR count). The Kier molecular flexibility index (Phi) is 2.81. The largest absolute Gasteiger partial charge is 0.328 e. The molecule has 0 aromatic carbocycles. The molecule has 0 bridgehead atoms. The Morgan fingerprint density at radius 2 is 2.47 bits per heavy atom. The van der Waals surface area contributed by atoms with E-state index in [4.69, 9.17) is 4.98 Å². The summed E-state index contributed by atoms with van der Waals surface area (Å²) in [6.07, 6.45) is 6.19. The minimum Gasteiger partial charge on any atom is -0.328 e. The summed E-state index contributed by atoms with van der Waals surface area (Å²) in [4.78, 5) is 8.92. The lowest BCUT2D eigenvalue weighted by Gasteiger charge is -2.22. The molecule has 1 unspecified atom stereocenters. The lowest BCUT2D eigenvalue weighted by molar-refractivity contribution is 0.436. The number of nitrogens with zero attached hydrogens (tertiary/aromatic N) is 3. The Morgan fingerprint density at radius 1 is 1.53 bits per heavy atom. The summed E-state index contributed by atoms with van der Waals surface area (Å²) in [5.41, 5.74) is 2.23. The van der Waals surface area contributed by atoms with Crippen LogP contribution in [-0.4, -0.2) is 27.6 Å². The van der Waals surface area contributed by atoms with Gasteiger partial charge >= 0.3 is 0 Å². The van der Waals surface area contributed by atoms with Crippen LogP contribution in [0.5, 0.6) is 0 Å². The third-order valence-corrected chi connectivity index (χ3v) is 3.56. The molecule has 1 atom stereocenters. The molecule has 0 amide bonds. The van der Waals surface area contributed by atoms with Gasteiger partial charge in [-0.05, 0) is 32.4 Å². The van der Waals surface area contributed by atoms with Gasteiger partial charge in [-0.3, -0.25) is 4.98 Å². The highest BCUT2D eigenvalue weighted by Gasteiger charge is 2.21. The van der Waals surface area contributed by atoms with Crippen LogP contribution < -0.4 is 5.32 Å². The van der Waals surface area contributed by atoms with Crippen molar-refractivity contribution in [2.45, 2.75) is 32.2 Å².